The monoisotopic (exact) mass is 417 g/mol. The molecule has 1 aliphatic heterocycles. The molecule has 2 aromatic carbocycles. The van der Waals surface area contributed by atoms with Crippen LogP contribution in [0.3, 0.4) is 0 Å². The SMILES string of the molecule is COC(=O)c1ccc(N2C(=O)C(=O)/C(=C(\O)c3ccc(C)cc3)C2c2ccco2)cc1. The highest BCUT2D eigenvalue weighted by Gasteiger charge is 2.48. The molecule has 1 fully saturated rings. The molecule has 1 amide bonds. The lowest BCUT2D eigenvalue weighted by Crippen LogP contribution is -2.29. The van der Waals surface area contributed by atoms with Crippen molar-refractivity contribution in [2.75, 3.05) is 12.0 Å². The van der Waals surface area contributed by atoms with Gasteiger partial charge in [-0.25, -0.2) is 4.79 Å². The summed E-state index contributed by atoms with van der Waals surface area (Å²) in [6.45, 7) is 1.91. The van der Waals surface area contributed by atoms with Gasteiger partial charge in [0.1, 0.15) is 17.6 Å². The number of anilines is 1. The van der Waals surface area contributed by atoms with Crippen LogP contribution in [0.1, 0.15) is 33.3 Å². The molecule has 1 aliphatic rings. The second kappa shape index (κ2) is 7.95. The third-order valence-electron chi connectivity index (χ3n) is 5.15. The number of Topliss-reactive ketones (excluding diaryl/α,β-unsaturated/α-hetero) is 1. The van der Waals surface area contributed by atoms with Crippen molar-refractivity contribution in [1.29, 1.82) is 0 Å². The molecular formula is C24H19NO6. The number of ketones is 1. The summed E-state index contributed by atoms with van der Waals surface area (Å²) in [5, 5.41) is 11.0. The lowest BCUT2D eigenvalue weighted by molar-refractivity contribution is -0.132. The normalized spacial score (nSPS) is 17.7. The summed E-state index contributed by atoms with van der Waals surface area (Å²) in [7, 11) is 1.27. The Morgan fingerprint density at radius 3 is 2.23 bits per heavy atom. The molecule has 1 N–H and O–H groups in total. The van der Waals surface area contributed by atoms with E-state index in [0.29, 0.717) is 22.6 Å². The molecule has 1 atom stereocenters. The highest BCUT2D eigenvalue weighted by Crippen LogP contribution is 2.42. The number of aryl methyl sites for hydroxylation is 1. The number of aliphatic hydroxyl groups is 1. The molecule has 4 rings (SSSR count). The Hall–Kier alpha value is -4.13. The molecule has 1 saturated heterocycles. The standard InChI is InChI=1S/C24H19NO6/c1-14-5-7-15(8-6-14)21(26)19-20(18-4-3-13-31-18)25(23(28)22(19)27)17-11-9-16(10-12-17)24(29)30-2/h3-13,20,26H,1-2H3/b21-19-. The Kier molecular flexibility index (Phi) is 5.17. The van der Waals surface area contributed by atoms with Gasteiger partial charge in [-0.2, -0.15) is 0 Å². The second-order valence-corrected chi connectivity index (χ2v) is 7.09. The van der Waals surface area contributed by atoms with Gasteiger partial charge < -0.3 is 14.3 Å². The third kappa shape index (κ3) is 3.50. The van der Waals surface area contributed by atoms with Gasteiger partial charge in [0, 0.05) is 11.3 Å². The first-order valence-electron chi connectivity index (χ1n) is 9.52. The third-order valence-corrected chi connectivity index (χ3v) is 5.15. The van der Waals surface area contributed by atoms with E-state index in [-0.39, 0.29) is 11.3 Å². The van der Waals surface area contributed by atoms with Crippen molar-refractivity contribution in [2.24, 2.45) is 0 Å². The Labute approximate surface area is 178 Å². The summed E-state index contributed by atoms with van der Waals surface area (Å²) in [4.78, 5) is 38.9. The summed E-state index contributed by atoms with van der Waals surface area (Å²) in [5.74, 6) is -2.11. The highest BCUT2D eigenvalue weighted by molar-refractivity contribution is 6.51. The van der Waals surface area contributed by atoms with Gasteiger partial charge in [0.25, 0.3) is 11.7 Å². The van der Waals surface area contributed by atoms with Crippen molar-refractivity contribution in [2.45, 2.75) is 13.0 Å². The van der Waals surface area contributed by atoms with Crippen LogP contribution in [0.5, 0.6) is 0 Å². The molecular weight excluding hydrogens is 398 g/mol. The second-order valence-electron chi connectivity index (χ2n) is 7.09. The van der Waals surface area contributed by atoms with Gasteiger partial charge in [-0.05, 0) is 43.3 Å². The van der Waals surface area contributed by atoms with E-state index in [0.717, 1.165) is 5.56 Å². The maximum atomic E-state index is 13.0. The zero-order valence-corrected chi connectivity index (χ0v) is 16.9. The minimum atomic E-state index is -0.958. The summed E-state index contributed by atoms with van der Waals surface area (Å²) >= 11 is 0. The highest BCUT2D eigenvalue weighted by atomic mass is 16.5. The molecule has 1 unspecified atom stereocenters. The summed E-state index contributed by atoms with van der Waals surface area (Å²) in [5.41, 5.74) is 2.02. The van der Waals surface area contributed by atoms with Crippen molar-refractivity contribution in [1.82, 2.24) is 0 Å². The Bertz CT molecular complexity index is 1170. The molecule has 0 bridgehead atoms. The van der Waals surface area contributed by atoms with Crippen LogP contribution in [0.15, 0.2) is 76.9 Å². The molecule has 0 saturated carbocycles. The Morgan fingerprint density at radius 1 is 1.00 bits per heavy atom. The zero-order chi connectivity index (χ0) is 22.1. The number of benzene rings is 2. The molecule has 156 valence electrons. The fourth-order valence-electron chi connectivity index (χ4n) is 3.56. The maximum absolute atomic E-state index is 13.0. The van der Waals surface area contributed by atoms with Crippen molar-refractivity contribution in [3.05, 3.63) is 95.0 Å². The van der Waals surface area contributed by atoms with Gasteiger partial charge in [-0.3, -0.25) is 14.5 Å². The first-order chi connectivity index (χ1) is 14.9. The molecule has 2 heterocycles. The zero-order valence-electron chi connectivity index (χ0n) is 16.9. The number of aliphatic hydroxyl groups excluding tert-OH is 1. The molecule has 0 radical (unpaired) electrons. The van der Waals surface area contributed by atoms with E-state index in [2.05, 4.69) is 0 Å². The predicted octanol–water partition coefficient (Wildman–Crippen LogP) is 4.00. The van der Waals surface area contributed by atoms with Gasteiger partial charge in [-0.1, -0.05) is 29.8 Å². The molecule has 7 heteroatoms. The predicted molar refractivity (Wildman–Crippen MR) is 112 cm³/mol. The van der Waals surface area contributed by atoms with Crippen molar-refractivity contribution in [3.63, 3.8) is 0 Å². The minimum Gasteiger partial charge on any atom is -0.507 e. The number of hydrogen-bond acceptors (Lipinski definition) is 6. The Balaban J connectivity index is 1.85. The lowest BCUT2D eigenvalue weighted by Gasteiger charge is -2.23. The average molecular weight is 417 g/mol. The number of hydrogen-bond donors (Lipinski definition) is 1. The van der Waals surface area contributed by atoms with Crippen LogP contribution >= 0.6 is 0 Å². The van der Waals surface area contributed by atoms with Gasteiger partial charge >= 0.3 is 5.97 Å². The smallest absolute Gasteiger partial charge is 0.337 e. The summed E-state index contributed by atoms with van der Waals surface area (Å²) in [6, 6.07) is 15.4. The summed E-state index contributed by atoms with van der Waals surface area (Å²) < 4.78 is 10.2. The first-order valence-corrected chi connectivity index (χ1v) is 9.52. The van der Waals surface area contributed by atoms with Gasteiger partial charge in [-0.15, -0.1) is 0 Å². The minimum absolute atomic E-state index is 0.0687. The van der Waals surface area contributed by atoms with Gasteiger partial charge in [0.15, 0.2) is 0 Å². The average Bonchev–Trinajstić information content (AvgIpc) is 3.40. The van der Waals surface area contributed by atoms with E-state index in [1.807, 2.05) is 6.92 Å². The van der Waals surface area contributed by atoms with E-state index in [4.69, 9.17) is 9.15 Å². The molecule has 3 aromatic rings. The van der Waals surface area contributed by atoms with E-state index in [9.17, 15) is 19.5 Å². The number of ether oxygens (including phenoxy) is 1. The fraction of sp³-hybridized carbons (Fsp3) is 0.125. The van der Waals surface area contributed by atoms with E-state index >= 15 is 0 Å². The number of rotatable bonds is 4. The number of nitrogens with zero attached hydrogens (tertiary/aromatic N) is 1. The van der Waals surface area contributed by atoms with Crippen molar-refractivity contribution < 1.29 is 28.6 Å². The van der Waals surface area contributed by atoms with Crippen LogP contribution in [-0.4, -0.2) is 29.9 Å². The van der Waals surface area contributed by atoms with Crippen molar-refractivity contribution >= 4 is 29.1 Å². The van der Waals surface area contributed by atoms with E-state index < -0.39 is 23.7 Å². The van der Waals surface area contributed by atoms with Crippen LogP contribution < -0.4 is 4.90 Å². The van der Waals surface area contributed by atoms with Gasteiger partial charge in [0.05, 0.1) is 24.5 Å². The van der Waals surface area contributed by atoms with Crippen LogP contribution in [0.4, 0.5) is 5.69 Å². The van der Waals surface area contributed by atoms with E-state index in [1.54, 1.807) is 48.5 Å². The number of methoxy groups -OCH3 is 1. The first kappa shape index (κ1) is 20.2. The maximum Gasteiger partial charge on any atom is 0.337 e. The van der Waals surface area contributed by atoms with Crippen LogP contribution in [0.2, 0.25) is 0 Å². The van der Waals surface area contributed by atoms with Crippen molar-refractivity contribution in [3.8, 4) is 0 Å². The van der Waals surface area contributed by atoms with E-state index in [1.165, 1.54) is 30.4 Å². The number of amides is 1. The van der Waals surface area contributed by atoms with Crippen LogP contribution in [0.25, 0.3) is 5.76 Å². The number of esters is 1. The van der Waals surface area contributed by atoms with Crippen LogP contribution in [0, 0.1) is 6.92 Å². The number of carbonyl (C=O) groups excluding carboxylic acids is 3. The van der Waals surface area contributed by atoms with Gasteiger partial charge in [0.2, 0.25) is 0 Å². The number of furan rings is 1. The largest absolute Gasteiger partial charge is 0.507 e. The molecule has 31 heavy (non-hydrogen) atoms. The quantitative estimate of drug-likeness (QED) is 0.298. The molecule has 0 spiro atoms. The van der Waals surface area contributed by atoms with Crippen LogP contribution in [-0.2, 0) is 14.3 Å². The number of carbonyl (C=O) groups is 3. The molecule has 1 aromatic heterocycles. The Morgan fingerprint density at radius 2 is 1.65 bits per heavy atom. The topological polar surface area (TPSA) is 97.0 Å². The molecule has 0 aliphatic carbocycles. The lowest BCUT2D eigenvalue weighted by atomic mass is 9.98. The molecule has 7 nitrogen and oxygen atoms in total. The summed E-state index contributed by atoms with van der Waals surface area (Å²) in [6.07, 6.45) is 1.43. The fourth-order valence-corrected chi connectivity index (χ4v) is 3.56.